The van der Waals surface area contributed by atoms with Gasteiger partial charge >= 0.3 is 57.4 Å². The van der Waals surface area contributed by atoms with Crippen LogP contribution < -0.4 is 5.32 Å². The third kappa shape index (κ3) is 2.62. The molecule has 0 aromatic rings. The van der Waals surface area contributed by atoms with Crippen LogP contribution in [-0.2, 0) is 14.3 Å². The van der Waals surface area contributed by atoms with Crippen molar-refractivity contribution in [3.05, 3.63) is 0 Å². The summed E-state index contributed by atoms with van der Waals surface area (Å²) in [5.74, 6) is -1.46. The average molecular weight is 163 g/mol. The van der Waals surface area contributed by atoms with Gasteiger partial charge < -0.3 is 0 Å². The van der Waals surface area contributed by atoms with E-state index in [1.54, 1.807) is 0 Å². The SMILES string of the molecule is O=P#CCNCC1(O)OO1. The molecule has 0 atom stereocenters. The van der Waals surface area contributed by atoms with Gasteiger partial charge in [-0.1, -0.05) is 0 Å². The molecule has 0 aromatic carbocycles. The van der Waals surface area contributed by atoms with E-state index in [0.29, 0.717) is 6.54 Å². The van der Waals surface area contributed by atoms with Crippen LogP contribution in [0.15, 0.2) is 0 Å². The van der Waals surface area contributed by atoms with E-state index in [1.165, 1.54) is 0 Å². The molecule has 5 nitrogen and oxygen atoms in total. The third-order valence-corrected chi connectivity index (χ3v) is 1.18. The zero-order valence-corrected chi connectivity index (χ0v) is 5.93. The summed E-state index contributed by atoms with van der Waals surface area (Å²) >= 11 is 0. The van der Waals surface area contributed by atoms with Crippen LogP contribution in [0.4, 0.5) is 0 Å². The number of nitrogens with one attached hydrogen (secondary N) is 1. The average Bonchev–Trinajstić information content (AvgIpc) is 2.62. The first kappa shape index (κ1) is 7.95. The van der Waals surface area contributed by atoms with Crippen LogP contribution in [-0.4, -0.2) is 24.2 Å². The van der Waals surface area contributed by atoms with Gasteiger partial charge in [-0.3, -0.25) is 0 Å². The van der Waals surface area contributed by atoms with E-state index in [4.69, 9.17) is 5.11 Å². The maximum absolute atomic E-state index is 9.77. The Morgan fingerprint density at radius 1 is 1.70 bits per heavy atom. The molecule has 0 spiro atoms. The van der Waals surface area contributed by atoms with Gasteiger partial charge in [0.2, 0.25) is 0 Å². The summed E-state index contributed by atoms with van der Waals surface area (Å²) in [4.78, 5) is 8.32. The Balaban J connectivity index is 2.04. The number of hydrogen-bond acceptors (Lipinski definition) is 5. The van der Waals surface area contributed by atoms with Crippen molar-refractivity contribution in [2.45, 2.75) is 5.97 Å². The molecule has 2 N–H and O–H groups in total. The van der Waals surface area contributed by atoms with Crippen molar-refractivity contribution in [1.82, 2.24) is 5.32 Å². The van der Waals surface area contributed by atoms with Gasteiger partial charge in [0.05, 0.1) is 0 Å². The van der Waals surface area contributed by atoms with Crippen LogP contribution in [0, 0.1) is 5.63 Å². The molecule has 0 saturated carbocycles. The minimum atomic E-state index is -1.46. The minimum absolute atomic E-state index is 0.148. The van der Waals surface area contributed by atoms with Gasteiger partial charge in [0.1, 0.15) is 0 Å². The van der Waals surface area contributed by atoms with Crippen molar-refractivity contribution in [2.75, 3.05) is 13.1 Å². The maximum atomic E-state index is 9.77. The van der Waals surface area contributed by atoms with Crippen molar-refractivity contribution >= 4 is 7.92 Å². The van der Waals surface area contributed by atoms with Gasteiger partial charge in [0.25, 0.3) is 0 Å². The quantitative estimate of drug-likeness (QED) is 0.252. The van der Waals surface area contributed by atoms with Crippen molar-refractivity contribution in [3.63, 3.8) is 0 Å². The standard InChI is InChI=1S/C4H6NO4P/c6-4(8-9-4)3-5-1-2-10-7/h5-6H,1,3H2. The summed E-state index contributed by atoms with van der Waals surface area (Å²) in [5.41, 5.74) is 2.43. The monoisotopic (exact) mass is 163 g/mol. The molecule has 1 aliphatic heterocycles. The topological polar surface area (TPSA) is 74.4 Å². The van der Waals surface area contributed by atoms with E-state index in [1.807, 2.05) is 0 Å². The van der Waals surface area contributed by atoms with Gasteiger partial charge in [0.15, 0.2) is 0 Å². The second-order valence-corrected chi connectivity index (χ2v) is 2.23. The van der Waals surface area contributed by atoms with Crippen LogP contribution in [0.1, 0.15) is 0 Å². The predicted molar refractivity (Wildman–Crippen MR) is 31.5 cm³/mol. The second kappa shape index (κ2) is 3.30. The van der Waals surface area contributed by atoms with Crippen molar-refractivity contribution < 1.29 is 19.4 Å². The number of hydrogen-bond donors (Lipinski definition) is 2. The second-order valence-electron chi connectivity index (χ2n) is 1.73. The summed E-state index contributed by atoms with van der Waals surface area (Å²) in [6, 6.07) is 0. The Bertz CT molecular complexity index is 206. The Morgan fingerprint density at radius 3 is 2.90 bits per heavy atom. The molecular formula is C4H6NO4P. The van der Waals surface area contributed by atoms with Crippen molar-refractivity contribution in [1.29, 1.82) is 0 Å². The predicted octanol–water partition coefficient (Wildman–Crippen LogP) is -0.565. The van der Waals surface area contributed by atoms with E-state index < -0.39 is 5.97 Å². The van der Waals surface area contributed by atoms with Gasteiger partial charge in [0, 0.05) is 0 Å². The molecule has 10 heavy (non-hydrogen) atoms. The molecule has 1 fully saturated rings. The Kier molecular flexibility index (Phi) is 2.63. The van der Waals surface area contributed by atoms with Crippen molar-refractivity contribution in [3.8, 4) is 5.63 Å². The molecule has 0 bridgehead atoms. The van der Waals surface area contributed by atoms with E-state index in [2.05, 4.69) is 20.7 Å². The summed E-state index contributed by atoms with van der Waals surface area (Å²) in [5, 5.41) is 11.5. The fourth-order valence-electron chi connectivity index (χ4n) is 0.416. The molecular weight excluding hydrogens is 157 g/mol. The summed E-state index contributed by atoms with van der Waals surface area (Å²) < 4.78 is 9.77. The van der Waals surface area contributed by atoms with E-state index in [-0.39, 0.29) is 14.5 Å². The first-order chi connectivity index (χ1) is 4.77. The first-order valence-electron chi connectivity index (χ1n) is 2.62. The molecule has 0 unspecified atom stereocenters. The van der Waals surface area contributed by atoms with Gasteiger partial charge in [-0.15, -0.1) is 0 Å². The fraction of sp³-hybridized carbons (Fsp3) is 0.750. The summed E-state index contributed by atoms with van der Waals surface area (Å²) in [7, 11) is -0.154. The zero-order valence-electron chi connectivity index (χ0n) is 5.03. The van der Waals surface area contributed by atoms with Crippen molar-refractivity contribution in [2.24, 2.45) is 0 Å². The summed E-state index contributed by atoms with van der Waals surface area (Å²) in [6.07, 6.45) is 0. The van der Waals surface area contributed by atoms with Crippen LogP contribution in [0.2, 0.25) is 0 Å². The molecule has 1 aliphatic rings. The normalized spacial score (nSPS) is 19.7. The fourth-order valence-corrected chi connectivity index (χ4v) is 0.592. The Hall–Kier alpha value is -0.150. The number of rotatable bonds is 3. The third-order valence-electron chi connectivity index (χ3n) is 0.893. The van der Waals surface area contributed by atoms with E-state index >= 15 is 0 Å². The summed E-state index contributed by atoms with van der Waals surface area (Å²) in [6.45, 7) is 0.468. The molecule has 1 rings (SSSR count). The molecule has 1 saturated heterocycles. The van der Waals surface area contributed by atoms with Gasteiger partial charge in [-0.05, 0) is 0 Å². The van der Waals surface area contributed by atoms with Crippen LogP contribution in [0.5, 0.6) is 0 Å². The Labute approximate surface area is 58.4 Å². The van der Waals surface area contributed by atoms with Crippen LogP contribution in [0.3, 0.4) is 0 Å². The molecule has 0 aromatic heterocycles. The van der Waals surface area contributed by atoms with E-state index in [0.717, 1.165) is 0 Å². The van der Waals surface area contributed by atoms with E-state index in [9.17, 15) is 4.57 Å². The number of aliphatic hydroxyl groups is 1. The molecule has 0 aliphatic carbocycles. The van der Waals surface area contributed by atoms with Gasteiger partial charge in [-0.2, -0.15) is 0 Å². The van der Waals surface area contributed by atoms with Crippen LogP contribution >= 0.6 is 7.92 Å². The molecule has 0 amide bonds. The van der Waals surface area contributed by atoms with Gasteiger partial charge in [-0.25, -0.2) is 0 Å². The molecule has 6 heteroatoms. The Morgan fingerprint density at radius 2 is 2.40 bits per heavy atom. The first-order valence-corrected chi connectivity index (χ1v) is 3.43. The molecule has 56 valence electrons. The molecule has 0 radical (unpaired) electrons. The zero-order chi connectivity index (χ0) is 7.45. The van der Waals surface area contributed by atoms with Crippen LogP contribution in [0.25, 0.3) is 0 Å². The molecule has 1 heterocycles.